The first-order valence-corrected chi connectivity index (χ1v) is 9.33. The van der Waals surface area contributed by atoms with Crippen LogP contribution in [0, 0.1) is 0 Å². The number of ether oxygens (including phenoxy) is 1. The van der Waals surface area contributed by atoms with Crippen LogP contribution in [0.1, 0.15) is 13.3 Å². The third-order valence-electron chi connectivity index (χ3n) is 3.56. The maximum atomic E-state index is 12.4. The standard InChI is InChI=1S/C18H22N2O4S/c1-4-17(24-15-10-6-5-7-11-15)18(21)19-14-9-8-12-16(13-14)25(22,23)20(2)3/h5-13,17H,4H2,1-3H3,(H,19,21)/t17-/m0/s1. The summed E-state index contributed by atoms with van der Waals surface area (Å²) < 4.78 is 31.2. The Labute approximate surface area is 148 Å². The minimum Gasteiger partial charge on any atom is -0.481 e. The maximum Gasteiger partial charge on any atom is 0.265 e. The largest absolute Gasteiger partial charge is 0.481 e. The van der Waals surface area contributed by atoms with Crippen LogP contribution in [0.4, 0.5) is 5.69 Å². The van der Waals surface area contributed by atoms with Crippen LogP contribution in [0.5, 0.6) is 5.75 Å². The fourth-order valence-electron chi connectivity index (χ4n) is 2.15. The quantitative estimate of drug-likeness (QED) is 0.822. The maximum absolute atomic E-state index is 12.4. The van der Waals surface area contributed by atoms with Gasteiger partial charge < -0.3 is 10.1 Å². The monoisotopic (exact) mass is 362 g/mol. The van der Waals surface area contributed by atoms with Gasteiger partial charge in [0.2, 0.25) is 10.0 Å². The number of carbonyl (C=O) groups excluding carboxylic acids is 1. The Morgan fingerprint density at radius 2 is 1.80 bits per heavy atom. The molecule has 0 fully saturated rings. The van der Waals surface area contributed by atoms with Crippen LogP contribution in [0.2, 0.25) is 0 Å². The molecule has 0 heterocycles. The fourth-order valence-corrected chi connectivity index (χ4v) is 3.10. The van der Waals surface area contributed by atoms with Gasteiger partial charge in [0.15, 0.2) is 6.10 Å². The smallest absolute Gasteiger partial charge is 0.265 e. The highest BCUT2D eigenvalue weighted by Crippen LogP contribution is 2.19. The summed E-state index contributed by atoms with van der Waals surface area (Å²) in [5, 5.41) is 2.72. The van der Waals surface area contributed by atoms with Crippen LogP contribution >= 0.6 is 0 Å². The van der Waals surface area contributed by atoms with E-state index in [-0.39, 0.29) is 10.8 Å². The second-order valence-corrected chi connectivity index (χ2v) is 7.78. The number of nitrogens with one attached hydrogen (secondary N) is 1. The number of anilines is 1. The Balaban J connectivity index is 2.14. The molecule has 0 saturated carbocycles. The van der Waals surface area contributed by atoms with Gasteiger partial charge in [-0.15, -0.1) is 0 Å². The van der Waals surface area contributed by atoms with Crippen molar-refractivity contribution in [2.45, 2.75) is 24.3 Å². The predicted molar refractivity (Wildman–Crippen MR) is 97.1 cm³/mol. The van der Waals surface area contributed by atoms with Gasteiger partial charge in [-0.1, -0.05) is 31.2 Å². The molecular formula is C18H22N2O4S. The summed E-state index contributed by atoms with van der Waals surface area (Å²) in [5.74, 6) is 0.277. The summed E-state index contributed by atoms with van der Waals surface area (Å²) in [7, 11) is -0.639. The molecule has 1 atom stereocenters. The van der Waals surface area contributed by atoms with Crippen molar-refractivity contribution < 1.29 is 17.9 Å². The Bertz CT molecular complexity index is 820. The summed E-state index contributed by atoms with van der Waals surface area (Å²) in [6.07, 6.45) is -0.187. The number of amides is 1. The molecule has 1 amide bonds. The second-order valence-electron chi connectivity index (χ2n) is 5.63. The normalized spacial score (nSPS) is 12.6. The predicted octanol–water partition coefficient (Wildman–Crippen LogP) is 2.73. The Hall–Kier alpha value is -2.38. The van der Waals surface area contributed by atoms with Gasteiger partial charge in [0.1, 0.15) is 5.75 Å². The van der Waals surface area contributed by atoms with Crippen molar-refractivity contribution >= 4 is 21.6 Å². The average molecular weight is 362 g/mol. The first-order valence-electron chi connectivity index (χ1n) is 7.89. The second kappa shape index (κ2) is 8.13. The Morgan fingerprint density at radius 3 is 2.40 bits per heavy atom. The van der Waals surface area contributed by atoms with Crippen LogP contribution in [0.3, 0.4) is 0 Å². The molecule has 134 valence electrons. The molecule has 2 aromatic rings. The number of para-hydroxylation sites is 1. The molecule has 6 nitrogen and oxygen atoms in total. The summed E-state index contributed by atoms with van der Waals surface area (Å²) in [4.78, 5) is 12.6. The third kappa shape index (κ3) is 4.80. The van der Waals surface area contributed by atoms with Crippen molar-refractivity contribution in [1.29, 1.82) is 0 Å². The fraction of sp³-hybridized carbons (Fsp3) is 0.278. The van der Waals surface area contributed by atoms with E-state index in [0.29, 0.717) is 17.9 Å². The molecule has 1 N–H and O–H groups in total. The molecular weight excluding hydrogens is 340 g/mol. The lowest BCUT2D eigenvalue weighted by molar-refractivity contribution is -0.122. The zero-order valence-corrected chi connectivity index (χ0v) is 15.3. The number of hydrogen-bond donors (Lipinski definition) is 1. The molecule has 0 aliphatic heterocycles. The number of benzene rings is 2. The van der Waals surface area contributed by atoms with Crippen molar-refractivity contribution in [3.8, 4) is 5.75 Å². The van der Waals surface area contributed by atoms with Crippen molar-refractivity contribution in [2.75, 3.05) is 19.4 Å². The van der Waals surface area contributed by atoms with Crippen molar-refractivity contribution in [2.24, 2.45) is 0 Å². The topological polar surface area (TPSA) is 75.7 Å². The van der Waals surface area contributed by atoms with Gasteiger partial charge >= 0.3 is 0 Å². The number of sulfonamides is 1. The molecule has 2 rings (SSSR count). The van der Waals surface area contributed by atoms with Crippen LogP contribution < -0.4 is 10.1 Å². The van der Waals surface area contributed by atoms with Crippen molar-refractivity contribution in [3.05, 3.63) is 54.6 Å². The molecule has 0 bridgehead atoms. The number of nitrogens with zero attached hydrogens (tertiary/aromatic N) is 1. The molecule has 7 heteroatoms. The average Bonchev–Trinajstić information content (AvgIpc) is 2.60. The number of hydrogen-bond acceptors (Lipinski definition) is 4. The Morgan fingerprint density at radius 1 is 1.12 bits per heavy atom. The summed E-state index contributed by atoms with van der Waals surface area (Å²) in [5.41, 5.74) is 0.406. The van der Waals surface area contributed by atoms with E-state index in [0.717, 1.165) is 4.31 Å². The van der Waals surface area contributed by atoms with Gasteiger partial charge in [0, 0.05) is 19.8 Å². The first kappa shape index (κ1) is 19.0. The molecule has 0 aliphatic carbocycles. The van der Waals surface area contributed by atoms with E-state index in [2.05, 4.69) is 5.32 Å². The van der Waals surface area contributed by atoms with Gasteiger partial charge in [-0.25, -0.2) is 12.7 Å². The highest BCUT2D eigenvalue weighted by atomic mass is 32.2. The van der Waals surface area contributed by atoms with Crippen molar-refractivity contribution in [1.82, 2.24) is 4.31 Å². The Kier molecular flexibility index (Phi) is 6.17. The number of carbonyl (C=O) groups is 1. The van der Waals surface area contributed by atoms with Crippen LogP contribution in [0.15, 0.2) is 59.5 Å². The first-order chi connectivity index (χ1) is 11.8. The molecule has 0 saturated heterocycles. The van der Waals surface area contributed by atoms with Crippen molar-refractivity contribution in [3.63, 3.8) is 0 Å². The highest BCUT2D eigenvalue weighted by Gasteiger charge is 2.21. The van der Waals surface area contributed by atoms with Crippen LogP contribution in [-0.2, 0) is 14.8 Å². The van der Waals surface area contributed by atoms with Gasteiger partial charge in [-0.3, -0.25) is 4.79 Å². The highest BCUT2D eigenvalue weighted by molar-refractivity contribution is 7.89. The van der Waals surface area contributed by atoms with Gasteiger partial charge in [-0.05, 0) is 36.8 Å². The molecule has 0 spiro atoms. The van der Waals surface area contributed by atoms with Gasteiger partial charge in [0.25, 0.3) is 5.91 Å². The molecule has 2 aromatic carbocycles. The van der Waals surface area contributed by atoms with Gasteiger partial charge in [0.05, 0.1) is 4.90 Å². The van der Waals surface area contributed by atoms with E-state index in [4.69, 9.17) is 4.74 Å². The molecule has 0 radical (unpaired) electrons. The lowest BCUT2D eigenvalue weighted by atomic mass is 10.2. The third-order valence-corrected chi connectivity index (χ3v) is 5.38. The van der Waals surface area contributed by atoms with Crippen LogP contribution in [-0.4, -0.2) is 38.8 Å². The lowest BCUT2D eigenvalue weighted by Crippen LogP contribution is -2.32. The molecule has 25 heavy (non-hydrogen) atoms. The van der Waals surface area contributed by atoms with Gasteiger partial charge in [-0.2, -0.15) is 0 Å². The van der Waals surface area contributed by atoms with E-state index in [1.807, 2.05) is 25.1 Å². The minimum atomic E-state index is -3.56. The van der Waals surface area contributed by atoms with E-state index in [9.17, 15) is 13.2 Å². The summed E-state index contributed by atoms with van der Waals surface area (Å²) >= 11 is 0. The summed E-state index contributed by atoms with van der Waals surface area (Å²) in [6.45, 7) is 1.85. The van der Waals surface area contributed by atoms with E-state index in [1.165, 1.54) is 26.2 Å². The number of rotatable bonds is 7. The zero-order chi connectivity index (χ0) is 18.4. The van der Waals surface area contributed by atoms with E-state index >= 15 is 0 Å². The van der Waals surface area contributed by atoms with E-state index < -0.39 is 16.1 Å². The molecule has 0 aromatic heterocycles. The molecule has 0 unspecified atom stereocenters. The summed E-state index contributed by atoms with van der Waals surface area (Å²) in [6, 6.07) is 15.2. The lowest BCUT2D eigenvalue weighted by Gasteiger charge is -2.18. The zero-order valence-electron chi connectivity index (χ0n) is 14.5. The van der Waals surface area contributed by atoms with E-state index in [1.54, 1.807) is 24.3 Å². The SMILES string of the molecule is CC[C@H](Oc1ccccc1)C(=O)Nc1cccc(S(=O)(=O)N(C)C)c1. The minimum absolute atomic E-state index is 0.118. The molecule has 0 aliphatic rings. The van der Waals surface area contributed by atoms with Crippen LogP contribution in [0.25, 0.3) is 0 Å².